The Morgan fingerprint density at radius 2 is 2.03 bits per heavy atom. The van der Waals surface area contributed by atoms with Crippen LogP contribution >= 0.6 is 11.6 Å². The minimum Gasteiger partial charge on any atom is -0.490 e. The standard InChI is InChI=1S/C24H31ClN2O4/c1-3-11-31-23-21(25)13-19(14-22(23)29-4-2)24(28)26-15-20-17-27(10-12-30-20)16-18-8-6-5-7-9-18/h5-9,13-14,20H,3-4,10-12,15-17H2,1-2H3,(H,26,28). The van der Waals surface area contributed by atoms with Crippen molar-refractivity contribution in [3.05, 3.63) is 58.6 Å². The van der Waals surface area contributed by atoms with Gasteiger partial charge in [-0.3, -0.25) is 9.69 Å². The average molecular weight is 447 g/mol. The molecule has 0 bridgehead atoms. The first kappa shape index (κ1) is 23.4. The fourth-order valence-corrected chi connectivity index (χ4v) is 3.77. The minimum absolute atomic E-state index is 0.0598. The SMILES string of the molecule is CCCOc1c(Cl)cc(C(=O)NCC2CN(Cc3ccccc3)CCO2)cc1OCC. The molecule has 1 N–H and O–H groups in total. The van der Waals surface area contributed by atoms with Crippen molar-refractivity contribution < 1.29 is 19.0 Å². The molecule has 0 spiro atoms. The second-order valence-electron chi connectivity index (χ2n) is 7.49. The van der Waals surface area contributed by atoms with E-state index in [0.29, 0.717) is 48.5 Å². The number of morpholine rings is 1. The molecule has 1 saturated heterocycles. The van der Waals surface area contributed by atoms with Gasteiger partial charge in [0.2, 0.25) is 0 Å². The number of halogens is 1. The van der Waals surface area contributed by atoms with Crippen LogP contribution in [0.5, 0.6) is 11.5 Å². The summed E-state index contributed by atoms with van der Waals surface area (Å²) in [6, 6.07) is 13.7. The van der Waals surface area contributed by atoms with Crippen molar-refractivity contribution in [3.8, 4) is 11.5 Å². The molecule has 2 aromatic rings. The number of nitrogens with zero attached hydrogens (tertiary/aromatic N) is 1. The molecule has 0 saturated carbocycles. The van der Waals surface area contributed by atoms with Gasteiger partial charge in [-0.2, -0.15) is 0 Å². The van der Waals surface area contributed by atoms with Crippen LogP contribution in [-0.2, 0) is 11.3 Å². The number of hydrogen-bond donors (Lipinski definition) is 1. The largest absolute Gasteiger partial charge is 0.490 e. The van der Waals surface area contributed by atoms with E-state index in [1.165, 1.54) is 5.56 Å². The summed E-state index contributed by atoms with van der Waals surface area (Å²) in [7, 11) is 0. The highest BCUT2D eigenvalue weighted by Gasteiger charge is 2.22. The number of hydrogen-bond acceptors (Lipinski definition) is 5. The van der Waals surface area contributed by atoms with E-state index < -0.39 is 0 Å². The highest BCUT2D eigenvalue weighted by atomic mass is 35.5. The van der Waals surface area contributed by atoms with Gasteiger partial charge in [0.05, 0.1) is 30.9 Å². The van der Waals surface area contributed by atoms with Crippen molar-refractivity contribution in [3.63, 3.8) is 0 Å². The van der Waals surface area contributed by atoms with E-state index in [4.69, 9.17) is 25.8 Å². The molecule has 1 heterocycles. The molecule has 168 valence electrons. The van der Waals surface area contributed by atoms with Crippen molar-refractivity contribution in [2.45, 2.75) is 32.9 Å². The number of rotatable bonds is 10. The highest BCUT2D eigenvalue weighted by molar-refractivity contribution is 6.32. The topological polar surface area (TPSA) is 60.0 Å². The van der Waals surface area contributed by atoms with Gasteiger partial charge in [-0.1, -0.05) is 48.9 Å². The fourth-order valence-electron chi connectivity index (χ4n) is 3.50. The van der Waals surface area contributed by atoms with E-state index in [2.05, 4.69) is 22.3 Å². The maximum absolute atomic E-state index is 12.8. The molecule has 0 aromatic heterocycles. The minimum atomic E-state index is -0.214. The lowest BCUT2D eigenvalue weighted by Crippen LogP contribution is -2.47. The molecule has 7 heteroatoms. The van der Waals surface area contributed by atoms with Crippen LogP contribution in [0.2, 0.25) is 5.02 Å². The summed E-state index contributed by atoms with van der Waals surface area (Å²) >= 11 is 6.38. The number of amides is 1. The van der Waals surface area contributed by atoms with Gasteiger partial charge in [-0.25, -0.2) is 0 Å². The van der Waals surface area contributed by atoms with Gasteiger partial charge in [-0.15, -0.1) is 0 Å². The molecule has 0 radical (unpaired) electrons. The zero-order valence-electron chi connectivity index (χ0n) is 18.2. The van der Waals surface area contributed by atoms with E-state index in [-0.39, 0.29) is 12.0 Å². The Kier molecular flexibility index (Phi) is 9.00. The van der Waals surface area contributed by atoms with Crippen molar-refractivity contribution in [2.24, 2.45) is 0 Å². The van der Waals surface area contributed by atoms with Gasteiger partial charge in [0.15, 0.2) is 11.5 Å². The Morgan fingerprint density at radius 3 is 2.77 bits per heavy atom. The molecular formula is C24H31ClN2O4. The second kappa shape index (κ2) is 11.9. The zero-order chi connectivity index (χ0) is 22.1. The molecule has 1 aliphatic heterocycles. The molecule has 6 nitrogen and oxygen atoms in total. The van der Waals surface area contributed by atoms with E-state index in [1.54, 1.807) is 12.1 Å². The molecule has 1 aliphatic rings. The predicted octanol–water partition coefficient (Wildman–Crippen LogP) is 4.16. The first-order chi connectivity index (χ1) is 15.1. The Morgan fingerprint density at radius 1 is 1.23 bits per heavy atom. The Hall–Kier alpha value is -2.28. The third-order valence-corrected chi connectivity index (χ3v) is 5.27. The maximum Gasteiger partial charge on any atom is 0.251 e. The maximum atomic E-state index is 12.8. The predicted molar refractivity (Wildman–Crippen MR) is 122 cm³/mol. The van der Waals surface area contributed by atoms with Crippen LogP contribution in [0, 0.1) is 0 Å². The van der Waals surface area contributed by atoms with Crippen LogP contribution in [0.4, 0.5) is 0 Å². The first-order valence-electron chi connectivity index (χ1n) is 10.9. The number of benzene rings is 2. The summed E-state index contributed by atoms with van der Waals surface area (Å²) in [6.07, 6.45) is 0.794. The van der Waals surface area contributed by atoms with E-state index in [1.807, 2.05) is 32.0 Å². The van der Waals surface area contributed by atoms with Crippen LogP contribution in [0.15, 0.2) is 42.5 Å². The lowest BCUT2D eigenvalue weighted by atomic mass is 10.1. The van der Waals surface area contributed by atoms with Crippen LogP contribution in [0.3, 0.4) is 0 Å². The lowest BCUT2D eigenvalue weighted by Gasteiger charge is -2.33. The van der Waals surface area contributed by atoms with E-state index >= 15 is 0 Å². The summed E-state index contributed by atoms with van der Waals surface area (Å²) in [6.45, 7) is 8.49. The van der Waals surface area contributed by atoms with Crippen LogP contribution < -0.4 is 14.8 Å². The van der Waals surface area contributed by atoms with Crippen molar-refractivity contribution in [1.82, 2.24) is 10.2 Å². The average Bonchev–Trinajstić information content (AvgIpc) is 2.78. The summed E-state index contributed by atoms with van der Waals surface area (Å²) in [5.74, 6) is 0.749. The summed E-state index contributed by atoms with van der Waals surface area (Å²) in [5.41, 5.74) is 1.71. The zero-order valence-corrected chi connectivity index (χ0v) is 19.0. The normalized spacial score (nSPS) is 16.7. The third-order valence-electron chi connectivity index (χ3n) is 4.98. The Bertz CT molecular complexity index is 847. The lowest BCUT2D eigenvalue weighted by molar-refractivity contribution is -0.0292. The van der Waals surface area contributed by atoms with Crippen LogP contribution in [-0.4, -0.2) is 56.4 Å². The highest BCUT2D eigenvalue weighted by Crippen LogP contribution is 2.36. The second-order valence-corrected chi connectivity index (χ2v) is 7.90. The molecule has 0 aliphatic carbocycles. The van der Waals surface area contributed by atoms with E-state index in [0.717, 1.165) is 26.1 Å². The molecule has 2 aromatic carbocycles. The number of carbonyl (C=O) groups is 1. The van der Waals surface area contributed by atoms with Gasteiger partial charge in [0.25, 0.3) is 5.91 Å². The summed E-state index contributed by atoms with van der Waals surface area (Å²) < 4.78 is 17.2. The monoisotopic (exact) mass is 446 g/mol. The van der Waals surface area contributed by atoms with E-state index in [9.17, 15) is 4.79 Å². The molecule has 1 amide bonds. The van der Waals surface area contributed by atoms with Gasteiger partial charge >= 0.3 is 0 Å². The molecule has 31 heavy (non-hydrogen) atoms. The summed E-state index contributed by atoms with van der Waals surface area (Å²) in [5, 5.41) is 3.33. The smallest absolute Gasteiger partial charge is 0.251 e. The number of nitrogens with one attached hydrogen (secondary N) is 1. The number of ether oxygens (including phenoxy) is 3. The molecule has 1 fully saturated rings. The van der Waals surface area contributed by atoms with Crippen molar-refractivity contribution >= 4 is 17.5 Å². The van der Waals surface area contributed by atoms with Gasteiger partial charge in [-0.05, 0) is 31.0 Å². The Labute approximate surface area is 189 Å². The van der Waals surface area contributed by atoms with Crippen LogP contribution in [0.1, 0.15) is 36.2 Å². The van der Waals surface area contributed by atoms with Crippen LogP contribution in [0.25, 0.3) is 0 Å². The third kappa shape index (κ3) is 6.86. The first-order valence-corrected chi connectivity index (χ1v) is 11.2. The van der Waals surface area contributed by atoms with Gasteiger partial charge < -0.3 is 19.5 Å². The van der Waals surface area contributed by atoms with Gasteiger partial charge in [0.1, 0.15) is 0 Å². The molecule has 1 unspecified atom stereocenters. The van der Waals surface area contributed by atoms with Gasteiger partial charge in [0, 0.05) is 31.7 Å². The van der Waals surface area contributed by atoms with Crippen molar-refractivity contribution in [1.29, 1.82) is 0 Å². The fraction of sp³-hybridized carbons (Fsp3) is 0.458. The summed E-state index contributed by atoms with van der Waals surface area (Å²) in [4.78, 5) is 15.1. The molecular weight excluding hydrogens is 416 g/mol. The Balaban J connectivity index is 1.58. The molecule has 1 atom stereocenters. The quantitative estimate of drug-likeness (QED) is 0.593. The van der Waals surface area contributed by atoms with Crippen molar-refractivity contribution in [2.75, 3.05) is 39.5 Å². The molecule has 3 rings (SSSR count). The number of carbonyl (C=O) groups excluding carboxylic acids is 1.